The van der Waals surface area contributed by atoms with Crippen molar-refractivity contribution in [3.8, 4) is 0 Å². The first-order valence-electron chi connectivity index (χ1n) is 6.51. The number of hydrogen-bond acceptors (Lipinski definition) is 5. The molecular formula is C13H17N3O4. The van der Waals surface area contributed by atoms with Gasteiger partial charge in [0.1, 0.15) is 5.69 Å². The molecule has 1 saturated heterocycles. The molecule has 1 fully saturated rings. The second kappa shape index (κ2) is 6.33. The third kappa shape index (κ3) is 3.45. The van der Waals surface area contributed by atoms with Crippen LogP contribution in [0.15, 0.2) is 24.3 Å². The van der Waals surface area contributed by atoms with Crippen LogP contribution in [0, 0.1) is 10.1 Å². The van der Waals surface area contributed by atoms with Gasteiger partial charge in [-0.05, 0) is 18.9 Å². The fourth-order valence-electron chi connectivity index (χ4n) is 2.18. The van der Waals surface area contributed by atoms with Crippen molar-refractivity contribution in [1.29, 1.82) is 0 Å². The number of nitro groups is 1. The molecule has 20 heavy (non-hydrogen) atoms. The van der Waals surface area contributed by atoms with Gasteiger partial charge in [-0.15, -0.1) is 0 Å². The minimum Gasteiger partial charge on any atom is -0.393 e. The number of benzene rings is 1. The van der Waals surface area contributed by atoms with Crippen molar-refractivity contribution in [3.63, 3.8) is 0 Å². The maximum atomic E-state index is 12.0. The Bertz CT molecular complexity index is 498. The van der Waals surface area contributed by atoms with Gasteiger partial charge in [-0.1, -0.05) is 12.1 Å². The van der Waals surface area contributed by atoms with Gasteiger partial charge in [-0.25, -0.2) is 0 Å². The van der Waals surface area contributed by atoms with Crippen molar-refractivity contribution in [2.75, 3.05) is 25.0 Å². The molecule has 0 atom stereocenters. The minimum absolute atomic E-state index is 0.0148. The average Bonchev–Trinajstić information content (AvgIpc) is 2.45. The molecule has 7 nitrogen and oxygen atoms in total. The molecule has 1 aromatic carbocycles. The van der Waals surface area contributed by atoms with Crippen LogP contribution >= 0.6 is 0 Å². The summed E-state index contributed by atoms with van der Waals surface area (Å²) in [6.07, 6.45) is 0.830. The Hall–Kier alpha value is -2.15. The minimum atomic E-state index is -0.482. The molecule has 2 N–H and O–H groups in total. The highest BCUT2D eigenvalue weighted by Crippen LogP contribution is 2.22. The number of nitro benzene ring substituents is 1. The lowest BCUT2D eigenvalue weighted by atomic mass is 10.1. The number of rotatable bonds is 4. The average molecular weight is 279 g/mol. The van der Waals surface area contributed by atoms with E-state index in [9.17, 15) is 20.0 Å². The lowest BCUT2D eigenvalue weighted by molar-refractivity contribution is -0.383. The molecule has 0 unspecified atom stereocenters. The molecule has 1 aliphatic heterocycles. The number of carbonyl (C=O) groups is 1. The largest absolute Gasteiger partial charge is 0.393 e. The second-order valence-electron chi connectivity index (χ2n) is 4.74. The molecule has 0 saturated carbocycles. The third-order valence-electron chi connectivity index (χ3n) is 3.35. The van der Waals surface area contributed by atoms with Crippen molar-refractivity contribution in [2.45, 2.75) is 18.9 Å². The van der Waals surface area contributed by atoms with Gasteiger partial charge in [0.05, 0.1) is 17.6 Å². The van der Waals surface area contributed by atoms with E-state index in [0.29, 0.717) is 31.6 Å². The number of amides is 1. The molecule has 1 amide bonds. The van der Waals surface area contributed by atoms with E-state index < -0.39 is 4.92 Å². The van der Waals surface area contributed by atoms with Gasteiger partial charge in [0.15, 0.2) is 0 Å². The molecular weight excluding hydrogens is 262 g/mol. The number of nitrogens with zero attached hydrogens (tertiary/aromatic N) is 2. The molecule has 0 bridgehead atoms. The summed E-state index contributed by atoms with van der Waals surface area (Å²) in [4.78, 5) is 24.0. The van der Waals surface area contributed by atoms with E-state index in [1.165, 1.54) is 6.07 Å². The molecule has 1 aliphatic rings. The van der Waals surface area contributed by atoms with Gasteiger partial charge in [0.25, 0.3) is 5.69 Å². The van der Waals surface area contributed by atoms with Gasteiger partial charge < -0.3 is 15.3 Å². The van der Waals surface area contributed by atoms with Crippen LogP contribution in [0.5, 0.6) is 0 Å². The second-order valence-corrected chi connectivity index (χ2v) is 4.74. The topological polar surface area (TPSA) is 95.7 Å². The summed E-state index contributed by atoms with van der Waals surface area (Å²) in [5.41, 5.74) is 0.289. The van der Waals surface area contributed by atoms with Gasteiger partial charge in [-0.2, -0.15) is 0 Å². The van der Waals surface area contributed by atoms with Crippen LogP contribution in [-0.4, -0.2) is 46.6 Å². The van der Waals surface area contributed by atoms with Crippen molar-refractivity contribution < 1.29 is 14.8 Å². The summed E-state index contributed by atoms with van der Waals surface area (Å²) in [7, 11) is 0. The first-order valence-corrected chi connectivity index (χ1v) is 6.51. The standard InChI is InChI=1S/C13H17N3O4/c17-10-5-7-15(8-6-10)13(18)9-14-11-3-1-2-4-12(11)16(19)20/h1-4,10,14,17H,5-9H2. The Kier molecular flexibility index (Phi) is 4.52. The molecule has 2 rings (SSSR count). The summed E-state index contributed by atoms with van der Waals surface area (Å²) in [5, 5.41) is 23.0. The molecule has 108 valence electrons. The molecule has 0 aromatic heterocycles. The van der Waals surface area contributed by atoms with Crippen LogP contribution in [0.3, 0.4) is 0 Å². The zero-order valence-electron chi connectivity index (χ0n) is 11.0. The highest BCUT2D eigenvalue weighted by atomic mass is 16.6. The number of nitrogens with one attached hydrogen (secondary N) is 1. The van der Waals surface area contributed by atoms with Crippen LogP contribution in [0.2, 0.25) is 0 Å². The molecule has 0 radical (unpaired) electrons. The van der Waals surface area contributed by atoms with E-state index in [2.05, 4.69) is 5.32 Å². The maximum Gasteiger partial charge on any atom is 0.292 e. The van der Waals surface area contributed by atoms with Gasteiger partial charge in [0, 0.05) is 19.2 Å². The normalized spacial score (nSPS) is 15.9. The van der Waals surface area contributed by atoms with Crippen molar-refractivity contribution in [1.82, 2.24) is 4.90 Å². The molecule has 0 spiro atoms. The van der Waals surface area contributed by atoms with E-state index in [1.54, 1.807) is 23.1 Å². The van der Waals surface area contributed by atoms with E-state index in [-0.39, 0.29) is 24.2 Å². The molecule has 0 aliphatic carbocycles. The molecule has 1 heterocycles. The summed E-state index contributed by atoms with van der Waals surface area (Å²) in [6, 6.07) is 6.23. The number of anilines is 1. The smallest absolute Gasteiger partial charge is 0.292 e. The summed E-state index contributed by atoms with van der Waals surface area (Å²) >= 11 is 0. The third-order valence-corrected chi connectivity index (χ3v) is 3.35. The zero-order valence-corrected chi connectivity index (χ0v) is 11.0. The van der Waals surface area contributed by atoms with Crippen molar-refractivity contribution in [3.05, 3.63) is 34.4 Å². The van der Waals surface area contributed by atoms with E-state index in [4.69, 9.17) is 0 Å². The Labute approximate surface area is 116 Å². The SMILES string of the molecule is O=C(CNc1ccccc1[N+](=O)[O-])N1CCC(O)CC1. The van der Waals surface area contributed by atoms with E-state index in [1.807, 2.05) is 0 Å². The number of likely N-dealkylation sites (tertiary alicyclic amines) is 1. The van der Waals surface area contributed by atoms with Crippen LogP contribution in [0.4, 0.5) is 11.4 Å². The number of hydrogen-bond donors (Lipinski definition) is 2. The van der Waals surface area contributed by atoms with Gasteiger partial charge in [-0.3, -0.25) is 14.9 Å². The first kappa shape index (κ1) is 14.3. The van der Waals surface area contributed by atoms with E-state index in [0.717, 1.165) is 0 Å². The summed E-state index contributed by atoms with van der Waals surface area (Å²) < 4.78 is 0. The monoisotopic (exact) mass is 279 g/mol. The lowest BCUT2D eigenvalue weighted by Gasteiger charge is -2.29. The Balaban J connectivity index is 1.92. The number of piperidine rings is 1. The number of aliphatic hydroxyl groups excluding tert-OH is 1. The fraction of sp³-hybridized carbons (Fsp3) is 0.462. The predicted octanol–water partition coefficient (Wildman–Crippen LogP) is 0.990. The number of aliphatic hydroxyl groups is 1. The van der Waals surface area contributed by atoms with Gasteiger partial charge in [0.2, 0.25) is 5.91 Å². The summed E-state index contributed by atoms with van der Waals surface area (Å²) in [6.45, 7) is 1.07. The Morgan fingerprint density at radius 3 is 2.70 bits per heavy atom. The Morgan fingerprint density at radius 1 is 1.40 bits per heavy atom. The summed E-state index contributed by atoms with van der Waals surface area (Å²) in [5.74, 6) is -0.116. The Morgan fingerprint density at radius 2 is 2.05 bits per heavy atom. The fourth-order valence-corrected chi connectivity index (χ4v) is 2.18. The maximum absolute atomic E-state index is 12.0. The predicted molar refractivity (Wildman–Crippen MR) is 73.4 cm³/mol. The number of para-hydroxylation sites is 2. The number of carbonyl (C=O) groups excluding carboxylic acids is 1. The van der Waals surface area contributed by atoms with Gasteiger partial charge >= 0.3 is 0 Å². The van der Waals surface area contributed by atoms with E-state index >= 15 is 0 Å². The molecule has 1 aromatic rings. The zero-order chi connectivity index (χ0) is 14.5. The van der Waals surface area contributed by atoms with Crippen LogP contribution in [0.1, 0.15) is 12.8 Å². The highest BCUT2D eigenvalue weighted by molar-refractivity contribution is 5.81. The van der Waals surface area contributed by atoms with Crippen molar-refractivity contribution in [2.24, 2.45) is 0 Å². The van der Waals surface area contributed by atoms with Crippen LogP contribution < -0.4 is 5.32 Å². The highest BCUT2D eigenvalue weighted by Gasteiger charge is 2.21. The first-order chi connectivity index (χ1) is 9.58. The quantitative estimate of drug-likeness (QED) is 0.633. The molecule has 7 heteroatoms. The van der Waals surface area contributed by atoms with Crippen LogP contribution in [0.25, 0.3) is 0 Å². The van der Waals surface area contributed by atoms with Crippen molar-refractivity contribution >= 4 is 17.3 Å². The van der Waals surface area contributed by atoms with Crippen LogP contribution in [-0.2, 0) is 4.79 Å². The lowest BCUT2D eigenvalue weighted by Crippen LogP contribution is -2.42.